The molecule has 1 N–H and O–H groups in total. The predicted molar refractivity (Wildman–Crippen MR) is 82.5 cm³/mol. The Morgan fingerprint density at radius 3 is 2.68 bits per heavy atom. The monoisotopic (exact) mass is 326 g/mol. The first-order valence-corrected chi connectivity index (χ1v) is 8.25. The second-order valence-electron chi connectivity index (χ2n) is 5.34. The van der Waals surface area contributed by atoms with Crippen LogP contribution < -0.4 is 5.32 Å². The van der Waals surface area contributed by atoms with Gasteiger partial charge in [0.05, 0.1) is 0 Å². The van der Waals surface area contributed by atoms with Crippen LogP contribution in [0, 0.1) is 12.8 Å². The second kappa shape index (κ2) is 8.19. The highest BCUT2D eigenvalue weighted by atomic mass is 32.1. The van der Waals surface area contributed by atoms with Gasteiger partial charge in [-0.2, -0.15) is 0 Å². The highest BCUT2D eigenvalue weighted by Gasteiger charge is 2.26. The molecule has 1 aliphatic heterocycles. The van der Waals surface area contributed by atoms with Crippen molar-refractivity contribution in [1.82, 2.24) is 20.4 Å². The molecule has 0 saturated carbocycles. The van der Waals surface area contributed by atoms with Gasteiger partial charge < -0.3 is 15.0 Å². The van der Waals surface area contributed by atoms with E-state index in [0.717, 1.165) is 10.0 Å². The molecule has 1 aromatic rings. The van der Waals surface area contributed by atoms with Crippen molar-refractivity contribution >= 4 is 23.2 Å². The number of carbonyl (C=O) groups excluding carboxylic acids is 2. The van der Waals surface area contributed by atoms with Crippen LogP contribution in [0.5, 0.6) is 0 Å². The molecule has 0 aliphatic carbocycles. The Balaban J connectivity index is 1.67. The van der Waals surface area contributed by atoms with E-state index in [0.29, 0.717) is 38.9 Å². The molecule has 0 atom stereocenters. The van der Waals surface area contributed by atoms with Gasteiger partial charge in [0.2, 0.25) is 11.8 Å². The molecule has 0 radical (unpaired) electrons. The lowest BCUT2D eigenvalue weighted by molar-refractivity contribution is -0.138. The SMILES string of the molecule is COCC(=O)N1CCC(C(=O)NCCc2nnc(C)s2)CC1. The van der Waals surface area contributed by atoms with Gasteiger partial charge in [0.25, 0.3) is 0 Å². The van der Waals surface area contributed by atoms with Crippen LogP contribution in [-0.2, 0) is 20.7 Å². The Kier molecular flexibility index (Phi) is 6.26. The molecule has 2 rings (SSSR count). The summed E-state index contributed by atoms with van der Waals surface area (Å²) in [6, 6.07) is 0. The molecule has 1 aromatic heterocycles. The number of methoxy groups -OCH3 is 1. The molecule has 122 valence electrons. The molecule has 1 fully saturated rings. The summed E-state index contributed by atoms with van der Waals surface area (Å²) >= 11 is 1.55. The molecule has 0 bridgehead atoms. The summed E-state index contributed by atoms with van der Waals surface area (Å²) in [5, 5.41) is 12.8. The summed E-state index contributed by atoms with van der Waals surface area (Å²) in [5.41, 5.74) is 0. The second-order valence-corrected chi connectivity index (χ2v) is 6.61. The summed E-state index contributed by atoms with van der Waals surface area (Å²) in [5.74, 6) is 0.0517. The van der Waals surface area contributed by atoms with Gasteiger partial charge in [-0.1, -0.05) is 0 Å². The molecule has 8 heteroatoms. The molecular formula is C14H22N4O3S. The van der Waals surface area contributed by atoms with Crippen LogP contribution in [0.1, 0.15) is 22.9 Å². The normalized spacial score (nSPS) is 15.8. The summed E-state index contributed by atoms with van der Waals surface area (Å²) in [6.45, 7) is 3.85. The molecule has 22 heavy (non-hydrogen) atoms. The van der Waals surface area contributed by atoms with Crippen LogP contribution >= 0.6 is 11.3 Å². The van der Waals surface area contributed by atoms with Crippen molar-refractivity contribution in [3.05, 3.63) is 10.0 Å². The molecule has 0 spiro atoms. The average Bonchev–Trinajstić information content (AvgIpc) is 2.93. The number of nitrogens with zero attached hydrogens (tertiary/aromatic N) is 3. The standard InChI is InChI=1S/C14H22N4O3S/c1-10-16-17-12(22-10)3-6-15-14(20)11-4-7-18(8-5-11)13(19)9-21-2/h11H,3-9H2,1-2H3,(H,15,20). The maximum atomic E-state index is 12.1. The van der Waals surface area contributed by atoms with Crippen LogP contribution in [0.15, 0.2) is 0 Å². The first kappa shape index (κ1) is 16.8. The van der Waals surface area contributed by atoms with Crippen molar-refractivity contribution in [3.8, 4) is 0 Å². The van der Waals surface area contributed by atoms with E-state index >= 15 is 0 Å². The van der Waals surface area contributed by atoms with Crippen LogP contribution in [0.2, 0.25) is 0 Å². The van der Waals surface area contributed by atoms with E-state index in [1.807, 2.05) is 6.92 Å². The van der Waals surface area contributed by atoms with Gasteiger partial charge in [-0.15, -0.1) is 21.5 Å². The highest BCUT2D eigenvalue weighted by molar-refractivity contribution is 7.11. The third-order valence-corrected chi connectivity index (χ3v) is 4.59. The van der Waals surface area contributed by atoms with Crippen molar-refractivity contribution in [1.29, 1.82) is 0 Å². The van der Waals surface area contributed by atoms with Crippen molar-refractivity contribution < 1.29 is 14.3 Å². The number of aryl methyl sites for hydroxylation is 1. The molecule has 7 nitrogen and oxygen atoms in total. The topological polar surface area (TPSA) is 84.4 Å². The van der Waals surface area contributed by atoms with E-state index in [1.54, 1.807) is 16.2 Å². The zero-order chi connectivity index (χ0) is 15.9. The lowest BCUT2D eigenvalue weighted by Crippen LogP contribution is -2.44. The number of aromatic nitrogens is 2. The quantitative estimate of drug-likeness (QED) is 0.817. The number of carbonyl (C=O) groups is 2. The maximum Gasteiger partial charge on any atom is 0.248 e. The molecule has 1 saturated heterocycles. The van der Waals surface area contributed by atoms with E-state index in [4.69, 9.17) is 4.74 Å². The van der Waals surface area contributed by atoms with Crippen LogP contribution in [0.25, 0.3) is 0 Å². The fourth-order valence-corrected chi connectivity index (χ4v) is 3.19. The summed E-state index contributed by atoms with van der Waals surface area (Å²) in [4.78, 5) is 25.6. The van der Waals surface area contributed by atoms with Gasteiger partial charge in [-0.3, -0.25) is 9.59 Å². The van der Waals surface area contributed by atoms with Gasteiger partial charge in [0.15, 0.2) is 0 Å². The summed E-state index contributed by atoms with van der Waals surface area (Å²) in [7, 11) is 1.51. The van der Waals surface area contributed by atoms with Crippen molar-refractivity contribution in [2.75, 3.05) is 33.4 Å². The smallest absolute Gasteiger partial charge is 0.248 e. The minimum absolute atomic E-state index is 0.00648. The molecule has 1 aliphatic rings. The third-order valence-electron chi connectivity index (χ3n) is 3.69. The number of amides is 2. The minimum atomic E-state index is -0.0113. The predicted octanol–water partition coefficient (Wildman–Crippen LogP) is 0.390. The van der Waals surface area contributed by atoms with E-state index < -0.39 is 0 Å². The largest absolute Gasteiger partial charge is 0.375 e. The van der Waals surface area contributed by atoms with Crippen LogP contribution in [0.3, 0.4) is 0 Å². The molecule has 0 unspecified atom stereocenters. The van der Waals surface area contributed by atoms with E-state index in [-0.39, 0.29) is 24.3 Å². The lowest BCUT2D eigenvalue weighted by atomic mass is 9.96. The van der Waals surface area contributed by atoms with Crippen molar-refractivity contribution in [2.24, 2.45) is 5.92 Å². The molecule has 0 aromatic carbocycles. The first-order valence-electron chi connectivity index (χ1n) is 7.43. The maximum absolute atomic E-state index is 12.1. The number of piperidine rings is 1. The summed E-state index contributed by atoms with van der Waals surface area (Å²) in [6.07, 6.45) is 2.13. The van der Waals surface area contributed by atoms with Gasteiger partial charge in [0.1, 0.15) is 16.6 Å². The van der Waals surface area contributed by atoms with Gasteiger partial charge >= 0.3 is 0 Å². The van der Waals surface area contributed by atoms with E-state index in [1.165, 1.54) is 7.11 Å². The van der Waals surface area contributed by atoms with Crippen molar-refractivity contribution in [3.63, 3.8) is 0 Å². The number of likely N-dealkylation sites (tertiary alicyclic amines) is 1. The Bertz CT molecular complexity index is 512. The third kappa shape index (κ3) is 4.74. The van der Waals surface area contributed by atoms with Crippen LogP contribution in [-0.4, -0.2) is 60.3 Å². The van der Waals surface area contributed by atoms with Crippen LogP contribution in [0.4, 0.5) is 0 Å². The number of hydrogen-bond donors (Lipinski definition) is 1. The Morgan fingerprint density at radius 1 is 1.36 bits per heavy atom. The molecular weight excluding hydrogens is 304 g/mol. The van der Waals surface area contributed by atoms with Gasteiger partial charge in [-0.05, 0) is 19.8 Å². The zero-order valence-corrected chi connectivity index (χ0v) is 13.8. The number of rotatable bonds is 6. The first-order chi connectivity index (χ1) is 10.6. The molecule has 2 amide bonds. The number of hydrogen-bond acceptors (Lipinski definition) is 6. The van der Waals surface area contributed by atoms with E-state index in [9.17, 15) is 9.59 Å². The fourth-order valence-electron chi connectivity index (χ4n) is 2.48. The van der Waals surface area contributed by atoms with Crippen molar-refractivity contribution in [2.45, 2.75) is 26.2 Å². The zero-order valence-electron chi connectivity index (χ0n) is 13.0. The van der Waals surface area contributed by atoms with E-state index in [2.05, 4.69) is 15.5 Å². The van der Waals surface area contributed by atoms with Gasteiger partial charge in [-0.25, -0.2) is 0 Å². The fraction of sp³-hybridized carbons (Fsp3) is 0.714. The summed E-state index contributed by atoms with van der Waals surface area (Å²) < 4.78 is 4.85. The van der Waals surface area contributed by atoms with Gasteiger partial charge in [0, 0.05) is 39.1 Å². The Morgan fingerprint density at radius 2 is 2.09 bits per heavy atom. The highest BCUT2D eigenvalue weighted by Crippen LogP contribution is 2.17. The Hall–Kier alpha value is -1.54. The minimum Gasteiger partial charge on any atom is -0.375 e. The lowest BCUT2D eigenvalue weighted by Gasteiger charge is -2.31. The molecule has 2 heterocycles. The Labute approximate surface area is 134 Å². The number of nitrogens with one attached hydrogen (secondary N) is 1. The average molecular weight is 326 g/mol. The number of ether oxygens (including phenoxy) is 1.